The summed E-state index contributed by atoms with van der Waals surface area (Å²) in [6, 6.07) is 0. The number of hydrogen-bond acceptors (Lipinski definition) is 5. The topological polar surface area (TPSA) is 66.8 Å². The van der Waals surface area contributed by atoms with Crippen LogP contribution in [0, 0.1) is 5.41 Å². The maximum Gasteiger partial charge on any atom is 0.238 e. The van der Waals surface area contributed by atoms with Gasteiger partial charge in [-0.1, -0.05) is 12.8 Å². The summed E-state index contributed by atoms with van der Waals surface area (Å²) in [7, 11) is 3.00. The highest BCUT2D eigenvalue weighted by atomic mass is 79.9. The Balaban J connectivity index is 2.21. The van der Waals surface area contributed by atoms with Crippen molar-refractivity contribution in [3.05, 3.63) is 26.6 Å². The van der Waals surface area contributed by atoms with Crippen LogP contribution in [0.1, 0.15) is 43.1 Å². The van der Waals surface area contributed by atoms with Crippen LogP contribution in [0.3, 0.4) is 0 Å². The Hall–Kier alpha value is -1.18. The molecule has 3 rings (SSSR count). The molecule has 24 heavy (non-hydrogen) atoms. The molecule has 2 aliphatic rings. The van der Waals surface area contributed by atoms with Gasteiger partial charge in [0.1, 0.15) is 18.1 Å². The second kappa shape index (κ2) is 6.28. The number of ether oxygens (including phenoxy) is 3. The van der Waals surface area contributed by atoms with Crippen molar-refractivity contribution in [2.75, 3.05) is 21.0 Å². The van der Waals surface area contributed by atoms with E-state index in [0.29, 0.717) is 16.7 Å². The van der Waals surface area contributed by atoms with E-state index in [0.717, 1.165) is 25.7 Å². The van der Waals surface area contributed by atoms with Gasteiger partial charge in [-0.2, -0.15) is 0 Å². The lowest BCUT2D eigenvalue weighted by molar-refractivity contribution is -0.197. The van der Waals surface area contributed by atoms with Crippen molar-refractivity contribution in [2.45, 2.75) is 44.8 Å². The second-order valence-electron chi connectivity index (χ2n) is 6.73. The number of Topliss-reactive ketones (excluding diaryl/α,β-unsaturated/α-hetero) is 1. The Morgan fingerprint density at radius 2 is 1.96 bits per heavy atom. The molecule has 2 atom stereocenters. The van der Waals surface area contributed by atoms with E-state index in [1.165, 1.54) is 7.11 Å². The number of nitrogens with zero attached hydrogens (tertiary/aromatic N) is 1. The van der Waals surface area contributed by atoms with Crippen molar-refractivity contribution in [3.8, 4) is 5.75 Å². The molecule has 0 amide bonds. The smallest absolute Gasteiger partial charge is 0.238 e. The monoisotopic (exact) mass is 399 g/mol. The first-order chi connectivity index (χ1) is 11.4. The van der Waals surface area contributed by atoms with Crippen LogP contribution >= 0.6 is 15.9 Å². The molecule has 0 N–H and O–H groups in total. The molecule has 1 aromatic rings. The molecule has 132 valence electrons. The number of carbonyl (C=O) groups is 1. The lowest BCUT2D eigenvalue weighted by atomic mass is 9.59. The van der Waals surface area contributed by atoms with Crippen molar-refractivity contribution in [2.24, 2.45) is 5.41 Å². The van der Waals surface area contributed by atoms with E-state index in [1.807, 2.05) is 6.92 Å². The molecular formula is C17H22BrNO5. The first kappa shape index (κ1) is 17.6. The summed E-state index contributed by atoms with van der Waals surface area (Å²) >= 11 is 3.27. The van der Waals surface area contributed by atoms with Crippen LogP contribution < -0.4 is 10.2 Å². The minimum atomic E-state index is -0.697. The summed E-state index contributed by atoms with van der Waals surface area (Å²) in [5, 5.41) is 0. The lowest BCUT2D eigenvalue weighted by Gasteiger charge is -2.53. The molecule has 1 fully saturated rings. The number of aromatic nitrogens is 1. The van der Waals surface area contributed by atoms with Crippen LogP contribution in [0.2, 0.25) is 0 Å². The van der Waals surface area contributed by atoms with Gasteiger partial charge in [-0.15, -0.1) is 0 Å². The zero-order chi connectivity index (χ0) is 17.5. The van der Waals surface area contributed by atoms with Crippen molar-refractivity contribution in [3.63, 3.8) is 0 Å². The highest BCUT2D eigenvalue weighted by Gasteiger charge is 2.59. The van der Waals surface area contributed by atoms with E-state index in [-0.39, 0.29) is 23.8 Å². The van der Waals surface area contributed by atoms with Gasteiger partial charge in [-0.3, -0.25) is 9.59 Å². The van der Waals surface area contributed by atoms with Crippen LogP contribution in [0.5, 0.6) is 5.75 Å². The summed E-state index contributed by atoms with van der Waals surface area (Å²) in [6.45, 7) is 2.57. The summed E-state index contributed by atoms with van der Waals surface area (Å²) in [5.74, 6) is 0.00696. The Kier molecular flexibility index (Phi) is 4.61. The number of carbonyl (C=O) groups excluding carboxylic acids is 1. The molecule has 1 aromatic heterocycles. The van der Waals surface area contributed by atoms with Crippen molar-refractivity contribution >= 4 is 21.7 Å². The molecule has 0 spiro atoms. The second-order valence-corrected chi connectivity index (χ2v) is 7.58. The molecule has 6 nitrogen and oxygen atoms in total. The largest absolute Gasteiger partial charge is 0.491 e. The normalized spacial score (nSPS) is 29.1. The molecule has 2 heterocycles. The van der Waals surface area contributed by atoms with Crippen LogP contribution in [0.25, 0.3) is 0 Å². The van der Waals surface area contributed by atoms with Gasteiger partial charge in [-0.05, 0) is 35.7 Å². The minimum absolute atomic E-state index is 0.0917. The first-order valence-corrected chi connectivity index (χ1v) is 8.84. The fourth-order valence-electron chi connectivity index (χ4n) is 4.11. The number of rotatable bonds is 4. The van der Waals surface area contributed by atoms with E-state index >= 15 is 0 Å². The Morgan fingerprint density at radius 1 is 1.25 bits per heavy atom. The van der Waals surface area contributed by atoms with Crippen LogP contribution in [0.4, 0.5) is 0 Å². The third-order valence-electron chi connectivity index (χ3n) is 5.51. The van der Waals surface area contributed by atoms with E-state index in [9.17, 15) is 9.59 Å². The number of ketones is 1. The van der Waals surface area contributed by atoms with Crippen LogP contribution in [-0.2, 0) is 16.0 Å². The van der Waals surface area contributed by atoms with Gasteiger partial charge in [0.05, 0.1) is 23.5 Å². The zero-order valence-electron chi connectivity index (χ0n) is 14.2. The van der Waals surface area contributed by atoms with Gasteiger partial charge >= 0.3 is 0 Å². The fraction of sp³-hybridized carbons (Fsp3) is 0.647. The van der Waals surface area contributed by atoms with E-state index in [4.69, 9.17) is 14.2 Å². The van der Waals surface area contributed by atoms with Gasteiger partial charge < -0.3 is 18.8 Å². The molecule has 2 unspecified atom stereocenters. The van der Waals surface area contributed by atoms with Gasteiger partial charge in [0, 0.05) is 13.3 Å². The Labute approximate surface area is 149 Å². The third kappa shape index (κ3) is 2.36. The molecule has 1 aliphatic carbocycles. The van der Waals surface area contributed by atoms with Gasteiger partial charge in [0.2, 0.25) is 5.43 Å². The number of methoxy groups -OCH3 is 2. The summed E-state index contributed by atoms with van der Waals surface area (Å²) in [5.41, 5.74) is -1.30. The lowest BCUT2D eigenvalue weighted by Crippen LogP contribution is -2.61. The third-order valence-corrected chi connectivity index (χ3v) is 6.07. The van der Waals surface area contributed by atoms with Gasteiger partial charge in [0.15, 0.2) is 11.5 Å². The molecule has 0 bridgehead atoms. The Bertz CT molecular complexity index is 730. The van der Waals surface area contributed by atoms with E-state index < -0.39 is 11.0 Å². The highest BCUT2D eigenvalue weighted by Crippen LogP contribution is 2.52. The molecule has 1 aliphatic heterocycles. The number of hydrogen-bond donors (Lipinski definition) is 0. The number of pyridine rings is 1. The minimum Gasteiger partial charge on any atom is -0.491 e. The molecule has 1 saturated carbocycles. The summed E-state index contributed by atoms with van der Waals surface area (Å²) in [6.07, 6.45) is 5.13. The average molecular weight is 400 g/mol. The molecule has 0 aromatic carbocycles. The SMILES string of the molecule is COCOC12CCCCC1(C)C(=O)c1c(OC)c(=O)c(Br)cn1C2. The molecule has 0 radical (unpaired) electrons. The van der Waals surface area contributed by atoms with Crippen LogP contribution in [0.15, 0.2) is 15.5 Å². The quantitative estimate of drug-likeness (QED) is 0.728. The number of halogens is 1. The van der Waals surface area contributed by atoms with E-state index in [2.05, 4.69) is 15.9 Å². The predicted molar refractivity (Wildman–Crippen MR) is 91.6 cm³/mol. The molecule has 0 saturated heterocycles. The van der Waals surface area contributed by atoms with Gasteiger partial charge in [-0.25, -0.2) is 0 Å². The first-order valence-electron chi connectivity index (χ1n) is 8.05. The van der Waals surface area contributed by atoms with Gasteiger partial charge in [0.25, 0.3) is 0 Å². The summed E-state index contributed by atoms with van der Waals surface area (Å²) < 4.78 is 18.7. The molecule has 7 heteroatoms. The average Bonchev–Trinajstić information content (AvgIpc) is 2.57. The number of fused-ring (bicyclic) bond motifs is 2. The van der Waals surface area contributed by atoms with Crippen molar-refractivity contribution in [1.29, 1.82) is 0 Å². The highest BCUT2D eigenvalue weighted by molar-refractivity contribution is 9.10. The summed E-state index contributed by atoms with van der Waals surface area (Å²) in [4.78, 5) is 25.8. The Morgan fingerprint density at radius 3 is 2.62 bits per heavy atom. The van der Waals surface area contributed by atoms with Crippen LogP contribution in [-0.4, -0.2) is 37.0 Å². The zero-order valence-corrected chi connectivity index (χ0v) is 15.8. The maximum absolute atomic E-state index is 13.4. The predicted octanol–water partition coefficient (Wildman–Crippen LogP) is 2.76. The van der Waals surface area contributed by atoms with Crippen molar-refractivity contribution in [1.82, 2.24) is 4.57 Å². The standard InChI is InChI=1S/C17H22BrNO5/c1-16-6-4-5-7-17(16,24-10-22-2)9-19-8-11(18)13(20)14(23-3)12(19)15(16)21/h8H,4-7,9-10H2,1-3H3. The van der Waals surface area contributed by atoms with E-state index in [1.54, 1.807) is 17.9 Å². The molecular weight excluding hydrogens is 378 g/mol. The fourth-order valence-corrected chi connectivity index (χ4v) is 4.53. The van der Waals surface area contributed by atoms with Crippen molar-refractivity contribution < 1.29 is 19.0 Å². The maximum atomic E-state index is 13.4.